The Hall–Kier alpha value is -2.61. The molecule has 1 aliphatic rings. The maximum absolute atomic E-state index is 14.2. The van der Waals surface area contributed by atoms with Gasteiger partial charge < -0.3 is 10.1 Å². The number of ether oxygens (including phenoxy) is 1. The van der Waals surface area contributed by atoms with Gasteiger partial charge in [-0.3, -0.25) is 9.10 Å². The van der Waals surface area contributed by atoms with Crippen LogP contribution < -0.4 is 14.4 Å². The Morgan fingerprint density at radius 2 is 1.80 bits per heavy atom. The van der Waals surface area contributed by atoms with E-state index in [-0.39, 0.29) is 11.7 Å². The van der Waals surface area contributed by atoms with Crippen LogP contribution in [0.2, 0.25) is 0 Å². The van der Waals surface area contributed by atoms with Gasteiger partial charge in [0.2, 0.25) is 15.9 Å². The van der Waals surface area contributed by atoms with Crippen molar-refractivity contribution >= 4 is 21.6 Å². The van der Waals surface area contributed by atoms with Gasteiger partial charge in [0.15, 0.2) is 0 Å². The monoisotopic (exact) mass is 434 g/mol. The van der Waals surface area contributed by atoms with E-state index in [1.54, 1.807) is 0 Å². The van der Waals surface area contributed by atoms with Gasteiger partial charge in [0.1, 0.15) is 23.7 Å². The van der Waals surface area contributed by atoms with Crippen molar-refractivity contribution in [1.82, 2.24) is 5.32 Å². The number of anilines is 1. The molecule has 0 spiro atoms. The minimum absolute atomic E-state index is 0.154. The van der Waals surface area contributed by atoms with Crippen LogP contribution in [-0.4, -0.2) is 32.7 Å². The number of sulfonamides is 1. The second-order valence-electron chi connectivity index (χ2n) is 7.58. The standard InChI is InChI=1S/C22H27FN2O4S/c1-4-22(5-2)14-18(16-10-6-9-13-20(16)29-22)24-21(26)15-25(30(3,27)28)19-12-8-7-11-17(19)23/h6-13,18H,4-5,14-15H2,1-3H3,(H,24,26). The molecule has 1 amide bonds. The molecule has 1 aliphatic heterocycles. The minimum Gasteiger partial charge on any atom is -0.487 e. The lowest BCUT2D eigenvalue weighted by molar-refractivity contribution is -0.121. The van der Waals surface area contributed by atoms with Gasteiger partial charge in [0.25, 0.3) is 0 Å². The molecule has 30 heavy (non-hydrogen) atoms. The van der Waals surface area contributed by atoms with Gasteiger partial charge in [0.05, 0.1) is 18.0 Å². The molecule has 6 nitrogen and oxygen atoms in total. The first-order valence-corrected chi connectivity index (χ1v) is 11.8. The van der Waals surface area contributed by atoms with Gasteiger partial charge in [-0.2, -0.15) is 0 Å². The third-order valence-electron chi connectivity index (χ3n) is 5.63. The number of hydrogen-bond donors (Lipinski definition) is 1. The molecule has 0 fully saturated rings. The first kappa shape index (κ1) is 22.1. The Kier molecular flexibility index (Phi) is 6.36. The molecule has 0 saturated heterocycles. The number of fused-ring (bicyclic) bond motifs is 1. The summed E-state index contributed by atoms with van der Waals surface area (Å²) in [6, 6.07) is 12.7. The van der Waals surface area contributed by atoms with E-state index in [2.05, 4.69) is 5.32 Å². The van der Waals surface area contributed by atoms with E-state index < -0.39 is 33.9 Å². The van der Waals surface area contributed by atoms with E-state index in [9.17, 15) is 17.6 Å². The SMILES string of the molecule is CCC1(CC)CC(NC(=O)CN(c2ccccc2F)S(C)(=O)=O)c2ccccc2O1. The van der Waals surface area contributed by atoms with E-state index in [0.717, 1.165) is 35.0 Å². The van der Waals surface area contributed by atoms with Crippen LogP contribution in [0.4, 0.5) is 10.1 Å². The molecule has 1 atom stereocenters. The average Bonchev–Trinajstić information content (AvgIpc) is 2.71. The second kappa shape index (κ2) is 8.63. The fourth-order valence-corrected chi connectivity index (χ4v) is 4.69. The molecular formula is C22H27FN2O4S. The number of nitrogens with one attached hydrogen (secondary N) is 1. The van der Waals surface area contributed by atoms with Crippen molar-refractivity contribution in [2.75, 3.05) is 17.1 Å². The number of nitrogens with zero attached hydrogens (tertiary/aromatic N) is 1. The fraction of sp³-hybridized carbons (Fsp3) is 0.409. The van der Waals surface area contributed by atoms with Gasteiger partial charge in [-0.15, -0.1) is 0 Å². The van der Waals surface area contributed by atoms with Crippen molar-refractivity contribution in [3.8, 4) is 5.75 Å². The highest BCUT2D eigenvalue weighted by molar-refractivity contribution is 7.92. The summed E-state index contributed by atoms with van der Waals surface area (Å²) in [5.41, 5.74) is 0.285. The molecule has 3 rings (SSSR count). The van der Waals surface area contributed by atoms with Crippen molar-refractivity contribution in [2.45, 2.75) is 44.8 Å². The van der Waals surface area contributed by atoms with E-state index >= 15 is 0 Å². The maximum atomic E-state index is 14.2. The third kappa shape index (κ3) is 4.59. The first-order valence-electron chi connectivity index (χ1n) is 9.98. The number of benzene rings is 2. The van der Waals surface area contributed by atoms with Crippen molar-refractivity contribution < 1.29 is 22.3 Å². The number of amides is 1. The molecule has 2 aromatic rings. The van der Waals surface area contributed by atoms with Crippen LogP contribution in [0.25, 0.3) is 0 Å². The highest BCUT2D eigenvalue weighted by Gasteiger charge is 2.39. The van der Waals surface area contributed by atoms with Crippen molar-refractivity contribution in [3.63, 3.8) is 0 Å². The quantitative estimate of drug-likeness (QED) is 0.719. The van der Waals surface area contributed by atoms with Crippen molar-refractivity contribution in [1.29, 1.82) is 0 Å². The number of rotatable bonds is 7. The van der Waals surface area contributed by atoms with Gasteiger partial charge in [-0.25, -0.2) is 12.8 Å². The Balaban J connectivity index is 1.86. The summed E-state index contributed by atoms with van der Waals surface area (Å²) < 4.78 is 45.8. The highest BCUT2D eigenvalue weighted by Crippen LogP contribution is 2.42. The molecule has 1 N–H and O–H groups in total. The van der Waals surface area contributed by atoms with E-state index in [0.29, 0.717) is 12.2 Å². The predicted molar refractivity (Wildman–Crippen MR) is 114 cm³/mol. The molecule has 0 aliphatic carbocycles. The summed E-state index contributed by atoms with van der Waals surface area (Å²) in [4.78, 5) is 12.9. The molecule has 0 aromatic heterocycles. The molecule has 2 aromatic carbocycles. The van der Waals surface area contributed by atoms with Crippen molar-refractivity contribution in [3.05, 3.63) is 59.9 Å². The molecule has 1 unspecified atom stereocenters. The average molecular weight is 435 g/mol. The Morgan fingerprint density at radius 1 is 1.17 bits per heavy atom. The minimum atomic E-state index is -3.86. The largest absolute Gasteiger partial charge is 0.487 e. The predicted octanol–water partition coefficient (Wildman–Crippen LogP) is 3.79. The van der Waals surface area contributed by atoms with Gasteiger partial charge in [-0.05, 0) is 31.0 Å². The maximum Gasteiger partial charge on any atom is 0.241 e. The zero-order valence-corrected chi connectivity index (χ0v) is 18.2. The van der Waals surface area contributed by atoms with Crippen LogP contribution in [0.5, 0.6) is 5.75 Å². The smallest absolute Gasteiger partial charge is 0.241 e. The van der Waals surface area contributed by atoms with Crippen LogP contribution in [-0.2, 0) is 14.8 Å². The highest BCUT2D eigenvalue weighted by atomic mass is 32.2. The lowest BCUT2D eigenvalue weighted by Crippen LogP contribution is -2.47. The van der Waals surface area contributed by atoms with E-state index in [4.69, 9.17) is 4.74 Å². The van der Waals surface area contributed by atoms with E-state index in [1.165, 1.54) is 18.2 Å². The number of carbonyl (C=O) groups is 1. The molecular weight excluding hydrogens is 407 g/mol. The number of para-hydroxylation sites is 2. The van der Waals surface area contributed by atoms with Crippen LogP contribution >= 0.6 is 0 Å². The van der Waals surface area contributed by atoms with Crippen LogP contribution in [0.1, 0.15) is 44.7 Å². The summed E-state index contributed by atoms with van der Waals surface area (Å²) in [5.74, 6) is -0.499. The lowest BCUT2D eigenvalue weighted by atomic mass is 9.83. The zero-order chi connectivity index (χ0) is 21.9. The van der Waals surface area contributed by atoms with Gasteiger partial charge in [-0.1, -0.05) is 44.2 Å². The topological polar surface area (TPSA) is 75.7 Å². The number of hydrogen-bond acceptors (Lipinski definition) is 4. The van der Waals surface area contributed by atoms with Crippen LogP contribution in [0.15, 0.2) is 48.5 Å². The molecule has 1 heterocycles. The van der Waals surface area contributed by atoms with Crippen molar-refractivity contribution in [2.24, 2.45) is 0 Å². The molecule has 0 saturated carbocycles. The summed E-state index contributed by atoms with van der Waals surface area (Å²) in [6.07, 6.45) is 3.07. The summed E-state index contributed by atoms with van der Waals surface area (Å²) in [7, 11) is -3.86. The lowest BCUT2D eigenvalue weighted by Gasteiger charge is -2.41. The Morgan fingerprint density at radius 3 is 2.43 bits per heavy atom. The fourth-order valence-electron chi connectivity index (χ4n) is 3.84. The number of halogens is 1. The van der Waals surface area contributed by atoms with Crippen LogP contribution in [0, 0.1) is 5.82 Å². The van der Waals surface area contributed by atoms with Gasteiger partial charge >= 0.3 is 0 Å². The summed E-state index contributed by atoms with van der Waals surface area (Å²) in [5, 5.41) is 2.94. The Labute approximate surface area is 177 Å². The molecule has 8 heteroatoms. The summed E-state index contributed by atoms with van der Waals surface area (Å²) >= 11 is 0. The van der Waals surface area contributed by atoms with Crippen LogP contribution in [0.3, 0.4) is 0 Å². The van der Waals surface area contributed by atoms with Gasteiger partial charge in [0, 0.05) is 12.0 Å². The molecule has 0 bridgehead atoms. The first-order chi connectivity index (χ1) is 14.2. The molecule has 0 radical (unpaired) electrons. The Bertz CT molecular complexity index is 1020. The summed E-state index contributed by atoms with van der Waals surface area (Å²) in [6.45, 7) is 3.57. The molecule has 162 valence electrons. The third-order valence-corrected chi connectivity index (χ3v) is 6.76. The zero-order valence-electron chi connectivity index (χ0n) is 17.4. The normalized spacial score (nSPS) is 17.5. The van der Waals surface area contributed by atoms with E-state index in [1.807, 2.05) is 38.1 Å². The second-order valence-corrected chi connectivity index (χ2v) is 9.48. The number of carbonyl (C=O) groups excluding carboxylic acids is 1.